The summed E-state index contributed by atoms with van der Waals surface area (Å²) in [5.41, 5.74) is 2.67. The Morgan fingerprint density at radius 3 is 1.81 bits per heavy atom. The molecule has 2 unspecified atom stereocenters. The molecule has 2 nitrogen and oxygen atoms in total. The highest BCUT2D eigenvalue weighted by Crippen LogP contribution is 2.41. The second-order valence-corrected chi connectivity index (χ2v) is 6.96. The van der Waals surface area contributed by atoms with Gasteiger partial charge < -0.3 is 9.69 Å². The van der Waals surface area contributed by atoms with E-state index in [1.54, 1.807) is 0 Å². The molecule has 0 spiro atoms. The fourth-order valence-electron chi connectivity index (χ4n) is 3.90. The van der Waals surface area contributed by atoms with Crippen LogP contribution in [0.25, 0.3) is 0 Å². The number of likely N-dealkylation sites (N-methyl/N-ethyl adjacent to an activating group) is 1. The number of hydrogen-bond acceptors (Lipinski definition) is 2. The highest BCUT2D eigenvalue weighted by atomic mass is 16.1. The molecule has 0 saturated heterocycles. The minimum Gasteiger partial charge on any atom is -0.302 e. The van der Waals surface area contributed by atoms with Gasteiger partial charge in [-0.15, -0.1) is 0 Å². The summed E-state index contributed by atoms with van der Waals surface area (Å²) in [5, 5.41) is 0. The Kier molecular flexibility index (Phi) is 5.65. The van der Waals surface area contributed by atoms with Crippen molar-refractivity contribution in [3.63, 3.8) is 0 Å². The van der Waals surface area contributed by atoms with Gasteiger partial charge in [-0.1, -0.05) is 91.0 Å². The van der Waals surface area contributed by atoms with Crippen LogP contribution in [-0.2, 0) is 16.6 Å². The first-order valence-corrected chi connectivity index (χ1v) is 8.94. The van der Waals surface area contributed by atoms with E-state index < -0.39 is 5.41 Å². The van der Waals surface area contributed by atoms with Gasteiger partial charge in [0.05, 0.1) is 11.5 Å². The van der Waals surface area contributed by atoms with Gasteiger partial charge in [0, 0.05) is 0 Å². The number of nitrogens with zero attached hydrogens (tertiary/aromatic N) is 1. The Bertz CT molecular complexity index is 815. The van der Waals surface area contributed by atoms with E-state index in [4.69, 9.17) is 0 Å². The molecule has 0 aliphatic carbocycles. The molecule has 0 N–H and O–H groups in total. The molecule has 26 heavy (non-hydrogen) atoms. The number of benzene rings is 3. The molecule has 0 amide bonds. The van der Waals surface area contributed by atoms with Crippen LogP contribution in [0.2, 0.25) is 0 Å². The van der Waals surface area contributed by atoms with E-state index in [9.17, 15) is 4.79 Å². The third kappa shape index (κ3) is 3.61. The van der Waals surface area contributed by atoms with Crippen molar-refractivity contribution in [2.45, 2.75) is 17.9 Å². The molecular formula is C24H25NO. The lowest BCUT2D eigenvalue weighted by molar-refractivity contribution is -0.115. The third-order valence-electron chi connectivity index (χ3n) is 4.98. The fraction of sp³-hybridized carbons (Fsp3) is 0.208. The van der Waals surface area contributed by atoms with Crippen molar-refractivity contribution in [3.8, 4) is 0 Å². The Hall–Kier alpha value is -2.71. The molecule has 132 valence electrons. The van der Waals surface area contributed by atoms with Crippen molar-refractivity contribution >= 4 is 6.29 Å². The molecule has 0 fully saturated rings. The highest BCUT2D eigenvalue weighted by molar-refractivity contribution is 5.72. The first-order valence-electron chi connectivity index (χ1n) is 8.94. The van der Waals surface area contributed by atoms with Gasteiger partial charge in [0.1, 0.15) is 6.29 Å². The summed E-state index contributed by atoms with van der Waals surface area (Å²) in [5.74, 6) is 0. The highest BCUT2D eigenvalue weighted by Gasteiger charge is 2.42. The van der Waals surface area contributed by atoms with Crippen LogP contribution >= 0.6 is 0 Å². The lowest BCUT2D eigenvalue weighted by Gasteiger charge is -2.41. The molecular weight excluding hydrogens is 318 g/mol. The van der Waals surface area contributed by atoms with Gasteiger partial charge in [0.2, 0.25) is 0 Å². The Labute approximate surface area is 156 Å². The molecule has 0 aliphatic heterocycles. The second-order valence-electron chi connectivity index (χ2n) is 6.96. The van der Waals surface area contributed by atoms with E-state index in [2.05, 4.69) is 41.3 Å². The van der Waals surface area contributed by atoms with E-state index in [1.165, 1.54) is 0 Å². The van der Waals surface area contributed by atoms with Crippen LogP contribution in [0.1, 0.15) is 22.7 Å². The van der Waals surface area contributed by atoms with Crippen LogP contribution in [0.5, 0.6) is 0 Å². The minimum atomic E-state index is -0.673. The normalized spacial score (nSPS) is 14.6. The predicted molar refractivity (Wildman–Crippen MR) is 107 cm³/mol. The molecule has 0 bridgehead atoms. The molecule has 0 saturated carbocycles. The molecule has 0 radical (unpaired) electrons. The molecule has 3 aromatic carbocycles. The first-order chi connectivity index (χ1) is 12.7. The smallest absolute Gasteiger partial charge is 0.132 e. The number of aldehydes is 1. The largest absolute Gasteiger partial charge is 0.302 e. The van der Waals surface area contributed by atoms with E-state index >= 15 is 0 Å². The van der Waals surface area contributed by atoms with Crippen molar-refractivity contribution in [2.75, 3.05) is 14.1 Å². The number of hydrogen-bond donors (Lipinski definition) is 0. The van der Waals surface area contributed by atoms with Gasteiger partial charge in [-0.3, -0.25) is 0 Å². The zero-order chi connectivity index (χ0) is 18.4. The average Bonchev–Trinajstić information content (AvgIpc) is 2.69. The van der Waals surface area contributed by atoms with Gasteiger partial charge in [0.15, 0.2) is 0 Å². The van der Waals surface area contributed by atoms with Crippen LogP contribution in [0.3, 0.4) is 0 Å². The van der Waals surface area contributed by atoms with E-state index in [1.807, 2.05) is 68.7 Å². The monoisotopic (exact) mass is 343 g/mol. The molecule has 2 atom stereocenters. The minimum absolute atomic E-state index is 0.0659. The van der Waals surface area contributed by atoms with Crippen LogP contribution in [0, 0.1) is 0 Å². The summed E-state index contributed by atoms with van der Waals surface area (Å²) in [4.78, 5) is 14.9. The molecule has 0 aromatic heterocycles. The van der Waals surface area contributed by atoms with E-state index in [0.29, 0.717) is 6.42 Å². The number of carbonyl (C=O) groups is 1. The molecule has 3 aromatic rings. The van der Waals surface area contributed by atoms with Crippen molar-refractivity contribution in [2.24, 2.45) is 0 Å². The number of carbonyl (C=O) groups excluding carboxylic acids is 1. The molecule has 0 aliphatic rings. The van der Waals surface area contributed by atoms with Gasteiger partial charge in [-0.05, 0) is 37.2 Å². The van der Waals surface area contributed by atoms with E-state index in [0.717, 1.165) is 23.0 Å². The zero-order valence-corrected chi connectivity index (χ0v) is 15.4. The topological polar surface area (TPSA) is 20.3 Å². The molecule has 3 rings (SSSR count). The average molecular weight is 343 g/mol. The Morgan fingerprint density at radius 2 is 1.31 bits per heavy atom. The van der Waals surface area contributed by atoms with Crippen molar-refractivity contribution in [3.05, 3.63) is 108 Å². The lowest BCUT2D eigenvalue weighted by Crippen LogP contribution is -2.44. The van der Waals surface area contributed by atoms with Gasteiger partial charge in [0.25, 0.3) is 0 Å². The maximum atomic E-state index is 12.7. The third-order valence-corrected chi connectivity index (χ3v) is 4.98. The summed E-state index contributed by atoms with van der Waals surface area (Å²) in [7, 11) is 4.09. The van der Waals surface area contributed by atoms with Crippen LogP contribution < -0.4 is 0 Å². The molecule has 2 heteroatoms. The van der Waals surface area contributed by atoms with Gasteiger partial charge in [-0.2, -0.15) is 0 Å². The quantitative estimate of drug-likeness (QED) is 0.581. The maximum Gasteiger partial charge on any atom is 0.132 e. The standard InChI is InChI=1S/C24H25NO/c1-25(2)23(21-14-8-4-9-15-21)24(19-26,22-16-10-5-11-17-22)18-20-12-6-3-7-13-20/h3-17,19,23H,18H2,1-2H3. The second kappa shape index (κ2) is 8.11. The van der Waals surface area contributed by atoms with Crippen LogP contribution in [-0.4, -0.2) is 25.3 Å². The maximum absolute atomic E-state index is 12.7. The predicted octanol–water partition coefficient (Wildman–Crippen LogP) is 4.67. The first kappa shape index (κ1) is 18.1. The number of rotatable bonds is 7. The van der Waals surface area contributed by atoms with Crippen molar-refractivity contribution < 1.29 is 4.79 Å². The summed E-state index contributed by atoms with van der Waals surface area (Å²) in [6.07, 6.45) is 1.80. The van der Waals surface area contributed by atoms with Crippen molar-refractivity contribution in [1.82, 2.24) is 4.90 Å². The van der Waals surface area contributed by atoms with Gasteiger partial charge >= 0.3 is 0 Å². The van der Waals surface area contributed by atoms with Gasteiger partial charge in [-0.25, -0.2) is 0 Å². The van der Waals surface area contributed by atoms with Crippen LogP contribution in [0.15, 0.2) is 91.0 Å². The summed E-state index contributed by atoms with van der Waals surface area (Å²) >= 11 is 0. The fourth-order valence-corrected chi connectivity index (χ4v) is 3.90. The lowest BCUT2D eigenvalue weighted by atomic mass is 9.68. The summed E-state index contributed by atoms with van der Waals surface area (Å²) in [6, 6.07) is 30.6. The van der Waals surface area contributed by atoms with Crippen molar-refractivity contribution in [1.29, 1.82) is 0 Å². The zero-order valence-electron chi connectivity index (χ0n) is 15.4. The summed E-state index contributed by atoms with van der Waals surface area (Å²) < 4.78 is 0. The van der Waals surface area contributed by atoms with Crippen LogP contribution in [0.4, 0.5) is 0 Å². The SMILES string of the molecule is CN(C)C(c1ccccc1)C(C=O)(Cc1ccccc1)c1ccccc1. The Morgan fingerprint density at radius 1 is 0.808 bits per heavy atom. The Balaban J connectivity index is 2.19. The summed E-state index contributed by atoms with van der Waals surface area (Å²) in [6.45, 7) is 0. The van der Waals surface area contributed by atoms with E-state index in [-0.39, 0.29) is 6.04 Å². The molecule has 0 heterocycles.